The molecular weight excluding hydrogens is 492 g/mol. The Labute approximate surface area is 216 Å². The van der Waals surface area contributed by atoms with Crippen molar-refractivity contribution < 1.29 is 9.90 Å². The molecule has 36 heavy (non-hydrogen) atoms. The summed E-state index contributed by atoms with van der Waals surface area (Å²) < 4.78 is 1.59. The zero-order valence-corrected chi connectivity index (χ0v) is 20.9. The highest BCUT2D eigenvalue weighted by atomic mass is 35.5. The molecule has 0 atom stereocenters. The van der Waals surface area contributed by atoms with Gasteiger partial charge in [0.05, 0.1) is 27.4 Å². The summed E-state index contributed by atoms with van der Waals surface area (Å²) in [7, 11) is 1.72. The summed E-state index contributed by atoms with van der Waals surface area (Å²) >= 11 is 7.65. The third kappa shape index (κ3) is 3.40. The summed E-state index contributed by atoms with van der Waals surface area (Å²) in [5.41, 5.74) is 3.17. The summed E-state index contributed by atoms with van der Waals surface area (Å²) in [4.78, 5) is 30.1. The number of benzene rings is 3. The van der Waals surface area contributed by atoms with Crippen LogP contribution < -0.4 is 10.5 Å². The number of aryl methyl sites for hydroxylation is 1. The first-order valence-electron chi connectivity index (χ1n) is 11.5. The fourth-order valence-electron chi connectivity index (χ4n) is 4.98. The van der Waals surface area contributed by atoms with E-state index in [4.69, 9.17) is 11.6 Å². The highest BCUT2D eigenvalue weighted by molar-refractivity contribution is 8.03. The zero-order valence-electron chi connectivity index (χ0n) is 19.4. The molecule has 1 aromatic heterocycles. The Hall–Kier alpha value is -3.74. The number of aromatic nitrogens is 1. The van der Waals surface area contributed by atoms with E-state index in [9.17, 15) is 14.7 Å². The first kappa shape index (κ1) is 22.7. The van der Waals surface area contributed by atoms with E-state index in [1.807, 2.05) is 42.5 Å². The van der Waals surface area contributed by atoms with Crippen LogP contribution in [0.2, 0.25) is 5.02 Å². The molecule has 0 radical (unpaired) electrons. The molecular formula is C29H21ClN2O3S. The number of hydrogen-bond acceptors (Lipinski definition) is 5. The smallest absolute Gasteiger partial charge is 0.260 e. The Morgan fingerprint density at radius 3 is 2.39 bits per heavy atom. The average molecular weight is 513 g/mol. The number of fused-ring (bicyclic) bond motifs is 5. The van der Waals surface area contributed by atoms with Crippen molar-refractivity contribution in [2.45, 2.75) is 0 Å². The molecule has 0 spiro atoms. The molecule has 1 fully saturated rings. The van der Waals surface area contributed by atoms with E-state index in [0.29, 0.717) is 33.8 Å². The lowest BCUT2D eigenvalue weighted by atomic mass is 9.85. The Morgan fingerprint density at radius 2 is 1.64 bits per heavy atom. The van der Waals surface area contributed by atoms with Crippen LogP contribution in [-0.4, -0.2) is 27.8 Å². The monoisotopic (exact) mass is 512 g/mol. The number of para-hydroxylation sites is 1. The maximum atomic E-state index is 14.1. The summed E-state index contributed by atoms with van der Waals surface area (Å²) in [6, 6.07) is 23.5. The minimum absolute atomic E-state index is 0.0961. The van der Waals surface area contributed by atoms with Crippen molar-refractivity contribution >= 4 is 57.1 Å². The van der Waals surface area contributed by atoms with Crippen LogP contribution in [0.15, 0.2) is 94.3 Å². The number of allylic oxidation sites excluding steroid dienone is 2. The standard InChI is InChI=1S/C29H21ClN2O3S/c1-31-21-10-6-5-9-20(21)25-23(28(31)35)22(26(33)17-7-3-2-4-8-17)24(29-32(25)15-16-36-29)27(34)18-11-13-19(30)14-12-18/h2-14,33H,15-16H2,1H3. The van der Waals surface area contributed by atoms with Gasteiger partial charge in [0, 0.05) is 46.5 Å². The second kappa shape index (κ2) is 8.73. The van der Waals surface area contributed by atoms with Crippen LogP contribution in [0.5, 0.6) is 0 Å². The number of aliphatic hydroxyl groups excluding tert-OH is 1. The predicted molar refractivity (Wildman–Crippen MR) is 148 cm³/mol. The summed E-state index contributed by atoms with van der Waals surface area (Å²) in [6.07, 6.45) is 0. The van der Waals surface area contributed by atoms with Crippen molar-refractivity contribution in [3.63, 3.8) is 0 Å². The van der Waals surface area contributed by atoms with Gasteiger partial charge in [0.2, 0.25) is 0 Å². The number of nitrogens with zero attached hydrogens (tertiary/aromatic N) is 2. The molecule has 0 unspecified atom stereocenters. The molecule has 2 aliphatic heterocycles. The lowest BCUT2D eigenvalue weighted by molar-refractivity contribution is 0.103. The molecule has 5 nitrogen and oxygen atoms in total. The summed E-state index contributed by atoms with van der Waals surface area (Å²) in [6.45, 7) is 0.654. The molecule has 4 aromatic rings. The number of aliphatic hydroxyl groups is 1. The van der Waals surface area contributed by atoms with Crippen molar-refractivity contribution in [3.05, 3.63) is 122 Å². The van der Waals surface area contributed by atoms with E-state index in [2.05, 4.69) is 4.90 Å². The number of anilines is 1. The van der Waals surface area contributed by atoms with E-state index in [-0.39, 0.29) is 22.7 Å². The SMILES string of the molecule is Cn1c(=O)c2c(c3ccccc31)N1CCSC1=C(C(=O)c1ccc(Cl)cc1)C2=C(O)c1ccccc1. The van der Waals surface area contributed by atoms with E-state index in [1.54, 1.807) is 59.8 Å². The maximum absolute atomic E-state index is 14.1. The minimum Gasteiger partial charge on any atom is -0.507 e. The van der Waals surface area contributed by atoms with Crippen molar-refractivity contribution in [3.8, 4) is 0 Å². The van der Waals surface area contributed by atoms with Gasteiger partial charge in [-0.25, -0.2) is 0 Å². The number of halogens is 1. The van der Waals surface area contributed by atoms with E-state index < -0.39 is 0 Å². The summed E-state index contributed by atoms with van der Waals surface area (Å²) in [5.74, 6) is 0.398. The third-order valence-corrected chi connectivity index (χ3v) is 8.01. The van der Waals surface area contributed by atoms with Gasteiger partial charge in [0.1, 0.15) is 5.76 Å². The molecule has 0 amide bonds. The average Bonchev–Trinajstić information content (AvgIpc) is 3.40. The second-order valence-corrected chi connectivity index (χ2v) is 10.2. The van der Waals surface area contributed by atoms with Crippen molar-refractivity contribution in [2.75, 3.05) is 17.2 Å². The number of pyridine rings is 1. The molecule has 178 valence electrons. The largest absolute Gasteiger partial charge is 0.507 e. The molecule has 0 aliphatic carbocycles. The van der Waals surface area contributed by atoms with E-state index >= 15 is 0 Å². The first-order chi connectivity index (χ1) is 17.5. The Kier molecular flexibility index (Phi) is 5.51. The minimum atomic E-state index is -0.265. The lowest BCUT2D eigenvalue weighted by Crippen LogP contribution is -2.33. The normalized spacial score (nSPS) is 16.2. The second-order valence-electron chi connectivity index (χ2n) is 8.71. The van der Waals surface area contributed by atoms with Crippen molar-refractivity contribution in [1.29, 1.82) is 0 Å². The Balaban J connectivity index is 1.75. The highest BCUT2D eigenvalue weighted by Gasteiger charge is 2.40. The Bertz CT molecular complexity index is 1670. The number of carbonyl (C=O) groups excluding carboxylic acids is 1. The predicted octanol–water partition coefficient (Wildman–Crippen LogP) is 6.28. The van der Waals surface area contributed by atoms with Crippen LogP contribution in [0.1, 0.15) is 21.5 Å². The lowest BCUT2D eigenvalue weighted by Gasteiger charge is -2.33. The van der Waals surface area contributed by atoms with Crippen LogP contribution in [0.25, 0.3) is 22.2 Å². The Morgan fingerprint density at radius 1 is 0.944 bits per heavy atom. The topological polar surface area (TPSA) is 62.5 Å². The van der Waals surface area contributed by atoms with Crippen molar-refractivity contribution in [1.82, 2.24) is 4.57 Å². The molecule has 0 saturated carbocycles. The van der Waals surface area contributed by atoms with Gasteiger partial charge in [-0.1, -0.05) is 60.1 Å². The number of ketones is 1. The van der Waals surface area contributed by atoms with Gasteiger partial charge in [-0.15, -0.1) is 11.8 Å². The quantitative estimate of drug-likeness (QED) is 0.258. The van der Waals surface area contributed by atoms with Gasteiger partial charge in [-0.05, 0) is 30.3 Å². The molecule has 1 saturated heterocycles. The molecule has 2 aliphatic rings. The van der Waals surface area contributed by atoms with Crippen LogP contribution in [0.3, 0.4) is 0 Å². The first-order valence-corrected chi connectivity index (χ1v) is 12.9. The van der Waals surface area contributed by atoms with Crippen LogP contribution in [0.4, 0.5) is 5.69 Å². The van der Waals surface area contributed by atoms with Crippen LogP contribution in [0, 0.1) is 0 Å². The molecule has 6 rings (SSSR count). The molecule has 1 N–H and O–H groups in total. The molecule has 3 aromatic carbocycles. The van der Waals surface area contributed by atoms with Gasteiger partial charge in [0.25, 0.3) is 5.56 Å². The molecule has 7 heteroatoms. The fourth-order valence-corrected chi connectivity index (χ4v) is 6.25. The zero-order chi connectivity index (χ0) is 25.0. The number of hydrogen-bond donors (Lipinski definition) is 1. The molecule has 3 heterocycles. The summed E-state index contributed by atoms with van der Waals surface area (Å²) in [5, 5.41) is 13.9. The van der Waals surface area contributed by atoms with Gasteiger partial charge >= 0.3 is 0 Å². The maximum Gasteiger partial charge on any atom is 0.260 e. The highest BCUT2D eigenvalue weighted by Crippen LogP contribution is 2.50. The van der Waals surface area contributed by atoms with Gasteiger partial charge < -0.3 is 14.6 Å². The van der Waals surface area contributed by atoms with Crippen LogP contribution in [-0.2, 0) is 7.05 Å². The fraction of sp³-hybridized carbons (Fsp3) is 0.103. The third-order valence-electron chi connectivity index (χ3n) is 6.68. The van der Waals surface area contributed by atoms with Gasteiger partial charge in [-0.3, -0.25) is 9.59 Å². The number of carbonyl (C=O) groups is 1. The van der Waals surface area contributed by atoms with E-state index in [0.717, 1.165) is 27.4 Å². The number of Topliss-reactive ketones (excluding diaryl/α,β-unsaturated/α-hetero) is 1. The van der Waals surface area contributed by atoms with Gasteiger partial charge in [0.15, 0.2) is 5.78 Å². The van der Waals surface area contributed by atoms with Crippen LogP contribution >= 0.6 is 23.4 Å². The van der Waals surface area contributed by atoms with Crippen molar-refractivity contribution in [2.24, 2.45) is 7.05 Å². The van der Waals surface area contributed by atoms with E-state index in [1.165, 1.54) is 0 Å². The number of thioether (sulfide) groups is 1. The number of rotatable bonds is 3. The molecule has 0 bridgehead atoms. The van der Waals surface area contributed by atoms with Gasteiger partial charge in [-0.2, -0.15) is 0 Å².